The highest BCUT2D eigenvalue weighted by atomic mass is 16.5. The van der Waals surface area contributed by atoms with Crippen LogP contribution < -0.4 is 15.4 Å². The van der Waals surface area contributed by atoms with Crippen LogP contribution in [0.5, 0.6) is 5.75 Å². The van der Waals surface area contributed by atoms with Gasteiger partial charge in [-0.15, -0.1) is 6.58 Å². The Morgan fingerprint density at radius 2 is 2.10 bits per heavy atom. The standard InChI is InChI=1S/C16H20N4O/c1-4-10-17-16-18-11-9-15(20-16)19-13-7-5-6-8-14(13)21-12(2)3/h4-9,11-12H,1,10H2,2-3H3,(H2,17,18,19,20). The molecule has 0 aliphatic carbocycles. The van der Waals surface area contributed by atoms with E-state index >= 15 is 0 Å². The number of hydrogen-bond donors (Lipinski definition) is 2. The van der Waals surface area contributed by atoms with Crippen LogP contribution >= 0.6 is 0 Å². The van der Waals surface area contributed by atoms with Gasteiger partial charge in [0.25, 0.3) is 0 Å². The molecule has 1 aromatic carbocycles. The van der Waals surface area contributed by atoms with Gasteiger partial charge in [0.15, 0.2) is 0 Å². The molecule has 0 amide bonds. The number of nitrogens with one attached hydrogen (secondary N) is 2. The number of rotatable bonds is 7. The Hall–Kier alpha value is -2.56. The van der Waals surface area contributed by atoms with Crippen LogP contribution in [0.1, 0.15) is 13.8 Å². The summed E-state index contributed by atoms with van der Waals surface area (Å²) in [6.45, 7) is 8.27. The first-order valence-corrected chi connectivity index (χ1v) is 6.89. The van der Waals surface area contributed by atoms with Gasteiger partial charge in [-0.1, -0.05) is 18.2 Å². The lowest BCUT2D eigenvalue weighted by molar-refractivity contribution is 0.244. The third-order valence-electron chi connectivity index (χ3n) is 2.57. The minimum atomic E-state index is 0.114. The van der Waals surface area contributed by atoms with E-state index in [9.17, 15) is 0 Å². The summed E-state index contributed by atoms with van der Waals surface area (Å²) in [5.74, 6) is 2.06. The van der Waals surface area contributed by atoms with Crippen LogP contribution in [0.15, 0.2) is 49.2 Å². The molecule has 0 fully saturated rings. The van der Waals surface area contributed by atoms with Crippen molar-refractivity contribution >= 4 is 17.5 Å². The summed E-state index contributed by atoms with van der Waals surface area (Å²) in [5.41, 5.74) is 0.875. The van der Waals surface area contributed by atoms with E-state index in [2.05, 4.69) is 27.2 Å². The van der Waals surface area contributed by atoms with Crippen molar-refractivity contribution in [1.82, 2.24) is 9.97 Å². The molecule has 0 spiro atoms. The summed E-state index contributed by atoms with van der Waals surface area (Å²) in [4.78, 5) is 8.54. The average Bonchev–Trinajstić information content (AvgIpc) is 2.47. The summed E-state index contributed by atoms with van der Waals surface area (Å²) < 4.78 is 5.78. The van der Waals surface area contributed by atoms with Crippen LogP contribution in [0.4, 0.5) is 17.5 Å². The maximum atomic E-state index is 5.78. The molecule has 0 aliphatic heterocycles. The summed E-state index contributed by atoms with van der Waals surface area (Å²) in [6, 6.07) is 9.59. The molecule has 0 bridgehead atoms. The first-order chi connectivity index (χ1) is 10.2. The SMILES string of the molecule is C=CCNc1nccc(Nc2ccccc2OC(C)C)n1. The van der Waals surface area contributed by atoms with Crippen LogP contribution in [0.3, 0.4) is 0 Å². The second-order valence-corrected chi connectivity index (χ2v) is 4.72. The number of benzene rings is 1. The highest BCUT2D eigenvalue weighted by molar-refractivity contribution is 5.64. The molecule has 2 N–H and O–H groups in total. The van der Waals surface area contributed by atoms with Gasteiger partial charge >= 0.3 is 0 Å². The van der Waals surface area contributed by atoms with Crippen LogP contribution in [-0.4, -0.2) is 22.6 Å². The Labute approximate surface area is 125 Å². The third-order valence-corrected chi connectivity index (χ3v) is 2.57. The maximum absolute atomic E-state index is 5.78. The number of anilines is 3. The van der Waals surface area contributed by atoms with Gasteiger partial charge in [0.2, 0.25) is 5.95 Å². The molecule has 5 heteroatoms. The van der Waals surface area contributed by atoms with Crippen molar-refractivity contribution in [2.45, 2.75) is 20.0 Å². The molecule has 2 aromatic rings. The summed E-state index contributed by atoms with van der Waals surface area (Å²) in [6.07, 6.45) is 3.57. The lowest BCUT2D eigenvalue weighted by Crippen LogP contribution is -2.08. The Balaban J connectivity index is 2.16. The zero-order valence-electron chi connectivity index (χ0n) is 12.3. The normalized spacial score (nSPS) is 10.2. The van der Waals surface area contributed by atoms with Crippen molar-refractivity contribution < 1.29 is 4.74 Å². The summed E-state index contributed by atoms with van der Waals surface area (Å²) >= 11 is 0. The van der Waals surface area contributed by atoms with Crippen LogP contribution in [0.25, 0.3) is 0 Å². The number of para-hydroxylation sites is 2. The van der Waals surface area contributed by atoms with Gasteiger partial charge in [-0.2, -0.15) is 4.98 Å². The first kappa shape index (κ1) is 14.8. The zero-order chi connectivity index (χ0) is 15.1. The van der Waals surface area contributed by atoms with Crippen LogP contribution in [0, 0.1) is 0 Å². The Kier molecular flexibility index (Phi) is 5.15. The van der Waals surface area contributed by atoms with Crippen molar-refractivity contribution in [2.75, 3.05) is 17.2 Å². The third kappa shape index (κ3) is 4.49. The number of nitrogens with zero attached hydrogens (tertiary/aromatic N) is 2. The second-order valence-electron chi connectivity index (χ2n) is 4.72. The predicted octanol–water partition coefficient (Wildman–Crippen LogP) is 3.61. The lowest BCUT2D eigenvalue weighted by Gasteiger charge is -2.15. The minimum Gasteiger partial charge on any atom is -0.489 e. The maximum Gasteiger partial charge on any atom is 0.224 e. The van der Waals surface area contributed by atoms with E-state index < -0.39 is 0 Å². The topological polar surface area (TPSA) is 59.1 Å². The van der Waals surface area contributed by atoms with E-state index in [1.807, 2.05) is 44.2 Å². The molecular weight excluding hydrogens is 264 g/mol. The fraction of sp³-hybridized carbons (Fsp3) is 0.250. The average molecular weight is 284 g/mol. The highest BCUT2D eigenvalue weighted by Gasteiger charge is 2.06. The van der Waals surface area contributed by atoms with Gasteiger partial charge in [0.05, 0.1) is 11.8 Å². The molecule has 0 radical (unpaired) electrons. The molecule has 0 saturated heterocycles. The molecule has 1 heterocycles. The van der Waals surface area contributed by atoms with Crippen LogP contribution in [-0.2, 0) is 0 Å². The van der Waals surface area contributed by atoms with E-state index in [4.69, 9.17) is 4.74 Å². The van der Waals surface area contributed by atoms with Crippen molar-refractivity contribution in [3.8, 4) is 5.75 Å². The first-order valence-electron chi connectivity index (χ1n) is 6.89. The molecule has 1 aromatic heterocycles. The summed E-state index contributed by atoms with van der Waals surface area (Å²) in [5, 5.41) is 6.31. The lowest BCUT2D eigenvalue weighted by atomic mass is 10.3. The van der Waals surface area contributed by atoms with Gasteiger partial charge in [-0.05, 0) is 32.0 Å². The second kappa shape index (κ2) is 7.28. The van der Waals surface area contributed by atoms with Gasteiger partial charge in [0, 0.05) is 12.7 Å². The van der Waals surface area contributed by atoms with Crippen LogP contribution in [0.2, 0.25) is 0 Å². The molecule has 5 nitrogen and oxygen atoms in total. The largest absolute Gasteiger partial charge is 0.489 e. The molecule has 110 valence electrons. The van der Waals surface area contributed by atoms with Gasteiger partial charge in [0.1, 0.15) is 11.6 Å². The Morgan fingerprint density at radius 1 is 1.29 bits per heavy atom. The molecular formula is C16H20N4O. The number of aromatic nitrogens is 2. The van der Waals surface area contributed by atoms with Crippen molar-refractivity contribution in [2.24, 2.45) is 0 Å². The van der Waals surface area contributed by atoms with Gasteiger partial charge < -0.3 is 15.4 Å². The monoisotopic (exact) mass is 284 g/mol. The smallest absolute Gasteiger partial charge is 0.224 e. The molecule has 0 saturated carbocycles. The molecule has 0 unspecified atom stereocenters. The van der Waals surface area contributed by atoms with E-state index in [0.29, 0.717) is 18.3 Å². The molecule has 21 heavy (non-hydrogen) atoms. The minimum absolute atomic E-state index is 0.114. The predicted molar refractivity (Wildman–Crippen MR) is 86.2 cm³/mol. The van der Waals surface area contributed by atoms with Crippen molar-refractivity contribution in [3.63, 3.8) is 0 Å². The van der Waals surface area contributed by atoms with Gasteiger partial charge in [-0.3, -0.25) is 0 Å². The van der Waals surface area contributed by atoms with E-state index in [1.165, 1.54) is 0 Å². The van der Waals surface area contributed by atoms with Gasteiger partial charge in [-0.25, -0.2) is 4.98 Å². The quantitative estimate of drug-likeness (QED) is 0.761. The molecule has 2 rings (SSSR count). The Morgan fingerprint density at radius 3 is 2.86 bits per heavy atom. The van der Waals surface area contributed by atoms with E-state index in [0.717, 1.165) is 11.4 Å². The van der Waals surface area contributed by atoms with E-state index in [1.54, 1.807) is 12.3 Å². The zero-order valence-corrected chi connectivity index (χ0v) is 12.3. The molecule has 0 atom stereocenters. The summed E-state index contributed by atoms with van der Waals surface area (Å²) in [7, 11) is 0. The fourth-order valence-corrected chi connectivity index (χ4v) is 1.74. The number of hydrogen-bond acceptors (Lipinski definition) is 5. The van der Waals surface area contributed by atoms with Crippen molar-refractivity contribution in [1.29, 1.82) is 0 Å². The highest BCUT2D eigenvalue weighted by Crippen LogP contribution is 2.27. The fourth-order valence-electron chi connectivity index (χ4n) is 1.74. The number of ether oxygens (including phenoxy) is 1. The van der Waals surface area contributed by atoms with Crippen molar-refractivity contribution in [3.05, 3.63) is 49.2 Å². The van der Waals surface area contributed by atoms with E-state index in [-0.39, 0.29) is 6.10 Å². The molecule has 0 aliphatic rings. The Bertz CT molecular complexity index is 598.